The second kappa shape index (κ2) is 6.41. The van der Waals surface area contributed by atoms with Gasteiger partial charge in [0, 0.05) is 20.3 Å². The van der Waals surface area contributed by atoms with Crippen molar-refractivity contribution in [2.45, 2.75) is 29.2 Å². The van der Waals surface area contributed by atoms with E-state index in [9.17, 15) is 0 Å². The van der Waals surface area contributed by atoms with Crippen LogP contribution in [0.4, 0.5) is 0 Å². The summed E-state index contributed by atoms with van der Waals surface area (Å²) in [6.07, 6.45) is 0.971. The van der Waals surface area contributed by atoms with E-state index in [0.29, 0.717) is 0 Å². The zero-order valence-corrected chi connectivity index (χ0v) is 12.7. The van der Waals surface area contributed by atoms with Crippen LogP contribution in [0.25, 0.3) is 0 Å². The molecule has 0 heterocycles. The molecule has 0 radical (unpaired) electrons. The van der Waals surface area contributed by atoms with Gasteiger partial charge >= 0.3 is 0 Å². The molecule has 2 aromatic carbocycles. The first-order valence-corrected chi connectivity index (χ1v) is 7.59. The average molecular weight is 322 g/mol. The van der Waals surface area contributed by atoms with Crippen molar-refractivity contribution in [1.82, 2.24) is 0 Å². The Morgan fingerprint density at radius 1 is 1.00 bits per heavy atom. The molecule has 94 valence electrons. The number of hydrogen-bond acceptors (Lipinski definition) is 2. The van der Waals surface area contributed by atoms with Crippen LogP contribution in [0.5, 0.6) is 0 Å². The molecule has 0 aromatic heterocycles. The highest BCUT2D eigenvalue weighted by atomic mass is 79.9. The molecule has 0 aliphatic rings. The second-order valence-corrected chi connectivity index (χ2v) is 6.20. The van der Waals surface area contributed by atoms with Gasteiger partial charge in [-0.15, -0.1) is 0 Å². The van der Waals surface area contributed by atoms with E-state index in [1.165, 1.54) is 15.4 Å². The fourth-order valence-electron chi connectivity index (χ4n) is 1.66. The Morgan fingerprint density at radius 2 is 1.50 bits per heavy atom. The number of halogens is 1. The number of hydrogen-bond donors (Lipinski definition) is 1. The largest absolute Gasteiger partial charge is 0.324 e. The van der Waals surface area contributed by atoms with E-state index in [1.54, 1.807) is 11.8 Å². The topological polar surface area (TPSA) is 26.0 Å². The Balaban J connectivity index is 2.08. The van der Waals surface area contributed by atoms with Crippen LogP contribution in [-0.4, -0.2) is 0 Å². The van der Waals surface area contributed by atoms with Gasteiger partial charge < -0.3 is 5.73 Å². The molecule has 2 N–H and O–H groups in total. The highest BCUT2D eigenvalue weighted by Crippen LogP contribution is 2.29. The zero-order valence-electron chi connectivity index (χ0n) is 10.3. The minimum absolute atomic E-state index is 0.150. The van der Waals surface area contributed by atoms with Gasteiger partial charge in [0.05, 0.1) is 0 Å². The van der Waals surface area contributed by atoms with Crippen molar-refractivity contribution < 1.29 is 0 Å². The molecular weight excluding hydrogens is 306 g/mol. The predicted octanol–water partition coefficient (Wildman–Crippen LogP) is 5.01. The summed E-state index contributed by atoms with van der Waals surface area (Å²) in [5.41, 5.74) is 7.21. The summed E-state index contributed by atoms with van der Waals surface area (Å²) in [6, 6.07) is 17.0. The minimum atomic E-state index is 0.150. The standard InChI is InChI=1S/C15H16BrNS/c1-2-15(17)11-3-7-13(8-4-11)18-14-9-5-12(16)6-10-14/h3-10,15H,2,17H2,1H3/t15-/m1/s1. The predicted molar refractivity (Wildman–Crippen MR) is 81.9 cm³/mol. The first-order chi connectivity index (χ1) is 8.69. The molecule has 1 atom stereocenters. The Kier molecular flexibility index (Phi) is 4.87. The Bertz CT molecular complexity index is 493. The van der Waals surface area contributed by atoms with Crippen LogP contribution < -0.4 is 5.73 Å². The van der Waals surface area contributed by atoms with Crippen molar-refractivity contribution in [3.05, 3.63) is 58.6 Å². The molecule has 1 nitrogen and oxygen atoms in total. The van der Waals surface area contributed by atoms with Crippen molar-refractivity contribution in [1.29, 1.82) is 0 Å². The highest BCUT2D eigenvalue weighted by Gasteiger charge is 2.03. The van der Waals surface area contributed by atoms with Gasteiger partial charge in [0.1, 0.15) is 0 Å². The summed E-state index contributed by atoms with van der Waals surface area (Å²) >= 11 is 5.20. The van der Waals surface area contributed by atoms with Gasteiger partial charge in [-0.05, 0) is 48.4 Å². The second-order valence-electron chi connectivity index (χ2n) is 4.14. The van der Waals surface area contributed by atoms with Gasteiger partial charge in [-0.1, -0.05) is 46.7 Å². The Morgan fingerprint density at radius 3 is 2.00 bits per heavy atom. The van der Waals surface area contributed by atoms with Crippen LogP contribution in [-0.2, 0) is 0 Å². The smallest absolute Gasteiger partial charge is 0.0292 e. The quantitative estimate of drug-likeness (QED) is 0.856. The fourth-order valence-corrected chi connectivity index (χ4v) is 2.74. The maximum absolute atomic E-state index is 6.00. The molecule has 0 saturated heterocycles. The molecule has 0 aliphatic carbocycles. The van der Waals surface area contributed by atoms with Crippen molar-refractivity contribution in [3.63, 3.8) is 0 Å². The molecule has 3 heteroatoms. The van der Waals surface area contributed by atoms with Crippen LogP contribution in [0.1, 0.15) is 24.9 Å². The van der Waals surface area contributed by atoms with E-state index >= 15 is 0 Å². The molecule has 2 rings (SSSR count). The number of rotatable bonds is 4. The van der Waals surface area contributed by atoms with Crippen LogP contribution in [0.2, 0.25) is 0 Å². The molecule has 18 heavy (non-hydrogen) atoms. The third-order valence-corrected chi connectivity index (χ3v) is 4.34. The summed E-state index contributed by atoms with van der Waals surface area (Å²) in [7, 11) is 0. The molecule has 0 bridgehead atoms. The number of nitrogens with two attached hydrogens (primary N) is 1. The summed E-state index contributed by atoms with van der Waals surface area (Å²) < 4.78 is 1.11. The summed E-state index contributed by atoms with van der Waals surface area (Å²) in [4.78, 5) is 2.48. The Labute approximate surface area is 121 Å². The molecule has 0 unspecified atom stereocenters. The lowest BCUT2D eigenvalue weighted by molar-refractivity contribution is 0.698. The molecule has 0 amide bonds. The van der Waals surface area contributed by atoms with Crippen LogP contribution in [0.3, 0.4) is 0 Å². The van der Waals surface area contributed by atoms with Gasteiger partial charge in [0.25, 0.3) is 0 Å². The van der Waals surface area contributed by atoms with Crippen molar-refractivity contribution >= 4 is 27.7 Å². The third-order valence-electron chi connectivity index (χ3n) is 2.80. The first kappa shape index (κ1) is 13.7. The van der Waals surface area contributed by atoms with E-state index in [2.05, 4.69) is 71.4 Å². The summed E-state index contributed by atoms with van der Waals surface area (Å²) in [5.74, 6) is 0. The van der Waals surface area contributed by atoms with E-state index in [-0.39, 0.29) is 6.04 Å². The van der Waals surface area contributed by atoms with Crippen molar-refractivity contribution in [2.75, 3.05) is 0 Å². The van der Waals surface area contributed by atoms with Crippen LogP contribution in [0.15, 0.2) is 62.8 Å². The Hall–Kier alpha value is -0.770. The van der Waals surface area contributed by atoms with Gasteiger partial charge in [-0.2, -0.15) is 0 Å². The molecule has 2 aromatic rings. The zero-order chi connectivity index (χ0) is 13.0. The van der Waals surface area contributed by atoms with Gasteiger partial charge in [0.2, 0.25) is 0 Å². The van der Waals surface area contributed by atoms with Gasteiger partial charge in [-0.3, -0.25) is 0 Å². The van der Waals surface area contributed by atoms with Crippen molar-refractivity contribution in [3.8, 4) is 0 Å². The SMILES string of the molecule is CC[C@@H](N)c1ccc(Sc2ccc(Br)cc2)cc1. The lowest BCUT2D eigenvalue weighted by atomic mass is 10.1. The van der Waals surface area contributed by atoms with Crippen LogP contribution >= 0.6 is 27.7 Å². The summed E-state index contributed by atoms with van der Waals surface area (Å²) in [5, 5.41) is 0. The highest BCUT2D eigenvalue weighted by molar-refractivity contribution is 9.10. The maximum atomic E-state index is 6.00. The molecule has 0 fully saturated rings. The van der Waals surface area contributed by atoms with Gasteiger partial charge in [-0.25, -0.2) is 0 Å². The lowest BCUT2D eigenvalue weighted by Crippen LogP contribution is -2.07. The number of benzene rings is 2. The molecule has 0 spiro atoms. The summed E-state index contributed by atoms with van der Waals surface area (Å²) in [6.45, 7) is 2.11. The maximum Gasteiger partial charge on any atom is 0.0292 e. The fraction of sp³-hybridized carbons (Fsp3) is 0.200. The third kappa shape index (κ3) is 3.61. The molecular formula is C15H16BrNS. The minimum Gasteiger partial charge on any atom is -0.324 e. The van der Waals surface area contributed by atoms with Gasteiger partial charge in [0.15, 0.2) is 0 Å². The normalized spacial score (nSPS) is 12.4. The monoisotopic (exact) mass is 321 g/mol. The lowest BCUT2D eigenvalue weighted by Gasteiger charge is -2.09. The van der Waals surface area contributed by atoms with Crippen LogP contribution in [0, 0.1) is 0 Å². The molecule has 0 saturated carbocycles. The first-order valence-electron chi connectivity index (χ1n) is 5.98. The average Bonchev–Trinajstić information content (AvgIpc) is 2.41. The van der Waals surface area contributed by atoms with E-state index in [0.717, 1.165) is 10.9 Å². The van der Waals surface area contributed by atoms with E-state index in [1.807, 2.05) is 0 Å². The van der Waals surface area contributed by atoms with E-state index in [4.69, 9.17) is 5.73 Å². The molecule has 0 aliphatic heterocycles. The van der Waals surface area contributed by atoms with Crippen molar-refractivity contribution in [2.24, 2.45) is 5.73 Å². The van der Waals surface area contributed by atoms with E-state index < -0.39 is 0 Å².